The van der Waals surface area contributed by atoms with Gasteiger partial charge in [0.1, 0.15) is 5.75 Å². The number of benzene rings is 2. The molecule has 0 heterocycles. The van der Waals surface area contributed by atoms with Crippen LogP contribution in [0.5, 0.6) is 5.75 Å². The molecule has 9 heteroatoms. The van der Waals surface area contributed by atoms with Crippen LogP contribution in [-0.2, 0) is 0 Å². The van der Waals surface area contributed by atoms with Crippen molar-refractivity contribution >= 4 is 23.7 Å². The van der Waals surface area contributed by atoms with Crippen LogP contribution in [-0.4, -0.2) is 18.0 Å². The van der Waals surface area contributed by atoms with Crippen LogP contribution < -0.4 is 79.4 Å². The third-order valence-electron chi connectivity index (χ3n) is 2.88. The van der Waals surface area contributed by atoms with Gasteiger partial charge in [0.15, 0.2) is 0 Å². The molecule has 7 nitrogen and oxygen atoms in total. The SMILES string of the molecule is C#Cc1ccc(OC(=O)Nc2cc(C(=O)[O-])cc(C(=O)[O-])c2)cc1.[Na+].[Na+]. The smallest absolute Gasteiger partial charge is 0.545 e. The average Bonchev–Trinajstić information content (AvgIpc) is 2.55. The number of amides is 1. The number of nitrogens with one attached hydrogen (secondary N) is 1. The van der Waals surface area contributed by atoms with E-state index in [1.807, 2.05) is 0 Å². The number of carboxylic acids is 2. The summed E-state index contributed by atoms with van der Waals surface area (Å²) in [7, 11) is 0. The van der Waals surface area contributed by atoms with Crippen LogP contribution in [0, 0.1) is 12.3 Å². The molecule has 0 fully saturated rings. The Morgan fingerprint density at radius 1 is 0.923 bits per heavy atom. The Labute approximate surface area is 193 Å². The van der Waals surface area contributed by atoms with Gasteiger partial charge in [0.05, 0.1) is 11.9 Å². The fourth-order valence-corrected chi connectivity index (χ4v) is 1.81. The molecule has 0 aliphatic rings. The molecule has 2 aromatic rings. The Morgan fingerprint density at radius 2 is 1.42 bits per heavy atom. The van der Waals surface area contributed by atoms with Crippen molar-refractivity contribution in [3.05, 3.63) is 59.2 Å². The van der Waals surface area contributed by atoms with Gasteiger partial charge in [0.25, 0.3) is 0 Å². The van der Waals surface area contributed by atoms with Crippen LogP contribution in [0.4, 0.5) is 10.5 Å². The van der Waals surface area contributed by atoms with Crippen molar-refractivity contribution in [3.8, 4) is 18.1 Å². The number of carbonyl (C=O) groups is 3. The number of aromatic carboxylic acids is 2. The standard InChI is InChI=1S/C17H11NO6.2Na/c1-2-10-3-5-14(6-4-10)24-17(23)18-13-8-11(15(19)20)7-12(9-13)16(21)22;;/h1,3-9H,(H,18,23)(H,19,20)(H,21,22);;/q;2*+1/p-2. The molecule has 0 radical (unpaired) electrons. The first-order chi connectivity index (χ1) is 11.4. The zero-order valence-electron chi connectivity index (χ0n) is 14.1. The molecule has 26 heavy (non-hydrogen) atoms. The molecule has 0 aliphatic heterocycles. The monoisotopic (exact) mass is 369 g/mol. The number of rotatable bonds is 4. The average molecular weight is 369 g/mol. The molecule has 0 spiro atoms. The van der Waals surface area contributed by atoms with Crippen molar-refractivity contribution in [2.45, 2.75) is 0 Å². The summed E-state index contributed by atoms with van der Waals surface area (Å²) in [6, 6.07) is 8.99. The van der Waals surface area contributed by atoms with E-state index in [4.69, 9.17) is 11.2 Å². The van der Waals surface area contributed by atoms with Crippen LogP contribution >= 0.6 is 0 Å². The van der Waals surface area contributed by atoms with Crippen molar-refractivity contribution in [2.75, 3.05) is 5.32 Å². The van der Waals surface area contributed by atoms with Crippen molar-refractivity contribution in [3.63, 3.8) is 0 Å². The summed E-state index contributed by atoms with van der Waals surface area (Å²) in [5.41, 5.74) is -0.347. The predicted molar refractivity (Wildman–Crippen MR) is 79.1 cm³/mol. The minimum atomic E-state index is -1.60. The second-order valence-electron chi connectivity index (χ2n) is 4.56. The maximum absolute atomic E-state index is 11.8. The van der Waals surface area contributed by atoms with Gasteiger partial charge < -0.3 is 24.5 Å². The molecule has 0 aliphatic carbocycles. The minimum absolute atomic E-state index is 0. The Morgan fingerprint density at radius 3 is 1.85 bits per heavy atom. The minimum Gasteiger partial charge on any atom is -0.545 e. The molecule has 1 amide bonds. The van der Waals surface area contributed by atoms with E-state index in [-0.39, 0.29) is 70.6 Å². The first-order valence-electron chi connectivity index (χ1n) is 6.52. The summed E-state index contributed by atoms with van der Waals surface area (Å²) in [4.78, 5) is 33.6. The van der Waals surface area contributed by atoms with E-state index < -0.39 is 29.2 Å². The molecule has 0 atom stereocenters. The molecule has 0 unspecified atom stereocenters. The van der Waals surface area contributed by atoms with Gasteiger partial charge in [-0.15, -0.1) is 6.42 Å². The fraction of sp³-hybridized carbons (Fsp3) is 0. The predicted octanol–water partition coefficient (Wildman–Crippen LogP) is -5.99. The molecule has 2 rings (SSSR count). The molecule has 0 saturated heterocycles. The van der Waals surface area contributed by atoms with E-state index in [0.717, 1.165) is 18.2 Å². The normalized spacial score (nSPS) is 8.88. The Bertz CT molecular complexity index is 826. The maximum atomic E-state index is 11.8. The van der Waals surface area contributed by atoms with Crippen molar-refractivity contribution in [2.24, 2.45) is 0 Å². The maximum Gasteiger partial charge on any atom is 1.00 e. The number of hydrogen-bond donors (Lipinski definition) is 1. The molecule has 1 N–H and O–H groups in total. The zero-order chi connectivity index (χ0) is 17.7. The number of carbonyl (C=O) groups excluding carboxylic acids is 3. The molecule has 2 aromatic carbocycles. The Balaban J connectivity index is 0.00000312. The number of terminal acetylenes is 1. The van der Waals surface area contributed by atoms with E-state index in [2.05, 4.69) is 11.2 Å². The molecular formula is C17H9NNa2O6. The van der Waals surface area contributed by atoms with Gasteiger partial charge in [-0.25, -0.2) is 4.79 Å². The molecular weight excluding hydrogens is 360 g/mol. The van der Waals surface area contributed by atoms with Gasteiger partial charge in [-0.3, -0.25) is 5.32 Å². The van der Waals surface area contributed by atoms with E-state index in [0.29, 0.717) is 5.56 Å². The summed E-state index contributed by atoms with van der Waals surface area (Å²) in [5.74, 6) is -0.597. The topological polar surface area (TPSA) is 119 Å². The van der Waals surface area contributed by atoms with Gasteiger partial charge in [0.2, 0.25) is 0 Å². The molecule has 0 saturated carbocycles. The fourth-order valence-electron chi connectivity index (χ4n) is 1.81. The van der Waals surface area contributed by atoms with Gasteiger partial charge >= 0.3 is 65.2 Å². The van der Waals surface area contributed by atoms with Crippen LogP contribution in [0.3, 0.4) is 0 Å². The Hall–Kier alpha value is -1.79. The van der Waals surface area contributed by atoms with E-state index >= 15 is 0 Å². The summed E-state index contributed by atoms with van der Waals surface area (Å²) >= 11 is 0. The number of carboxylic acid groups (broad SMARTS) is 2. The molecule has 0 aromatic heterocycles. The second kappa shape index (κ2) is 11.0. The number of anilines is 1. The van der Waals surface area contributed by atoms with Crippen molar-refractivity contribution in [1.29, 1.82) is 0 Å². The summed E-state index contributed by atoms with van der Waals surface area (Å²) < 4.78 is 4.97. The van der Waals surface area contributed by atoms with Crippen LogP contribution in [0.15, 0.2) is 42.5 Å². The summed E-state index contributed by atoms with van der Waals surface area (Å²) in [5, 5.41) is 24.0. The van der Waals surface area contributed by atoms with Gasteiger partial charge in [-0.2, -0.15) is 0 Å². The van der Waals surface area contributed by atoms with Crippen LogP contribution in [0.1, 0.15) is 26.3 Å². The third kappa shape index (κ3) is 6.84. The van der Waals surface area contributed by atoms with Crippen LogP contribution in [0.25, 0.3) is 0 Å². The quantitative estimate of drug-likeness (QED) is 0.424. The number of ether oxygens (including phenoxy) is 1. The van der Waals surface area contributed by atoms with Gasteiger partial charge in [0, 0.05) is 11.3 Å². The van der Waals surface area contributed by atoms with Crippen molar-refractivity contribution < 1.29 is 88.4 Å². The third-order valence-corrected chi connectivity index (χ3v) is 2.88. The largest absolute Gasteiger partial charge is 1.00 e. The Kier molecular flexibility index (Phi) is 10.3. The van der Waals surface area contributed by atoms with Crippen LogP contribution in [0.2, 0.25) is 0 Å². The van der Waals surface area contributed by atoms with E-state index in [9.17, 15) is 24.6 Å². The second-order valence-corrected chi connectivity index (χ2v) is 4.56. The molecule has 120 valence electrons. The first kappa shape index (κ1) is 24.2. The van der Waals surface area contributed by atoms with E-state index in [1.165, 1.54) is 12.1 Å². The van der Waals surface area contributed by atoms with E-state index in [1.54, 1.807) is 12.1 Å². The van der Waals surface area contributed by atoms with Crippen molar-refractivity contribution in [1.82, 2.24) is 0 Å². The zero-order valence-corrected chi connectivity index (χ0v) is 18.1. The van der Waals surface area contributed by atoms with Gasteiger partial charge in [-0.1, -0.05) is 5.92 Å². The molecule has 0 bridgehead atoms. The first-order valence-corrected chi connectivity index (χ1v) is 6.52. The number of hydrogen-bond acceptors (Lipinski definition) is 6. The summed E-state index contributed by atoms with van der Waals surface area (Å²) in [6.45, 7) is 0. The van der Waals surface area contributed by atoms with Gasteiger partial charge in [-0.05, 0) is 53.6 Å². The summed E-state index contributed by atoms with van der Waals surface area (Å²) in [6.07, 6.45) is 4.26.